The number of aromatic amines is 1. The number of H-pyrrole nitrogens is 1. The highest BCUT2D eigenvalue weighted by Gasteiger charge is 2.36. The Balaban J connectivity index is 1.37. The maximum atomic E-state index is 14.0. The van der Waals surface area contributed by atoms with E-state index in [1.807, 2.05) is 75.4 Å². The van der Waals surface area contributed by atoms with Gasteiger partial charge < -0.3 is 34.7 Å². The van der Waals surface area contributed by atoms with Crippen LogP contribution in [0.1, 0.15) is 37.5 Å². The first-order valence-corrected chi connectivity index (χ1v) is 16.3. The number of piperazine rings is 1. The Labute approximate surface area is 279 Å². The van der Waals surface area contributed by atoms with Gasteiger partial charge in [0.05, 0.1) is 26.4 Å². The minimum Gasteiger partial charge on any atom is -0.490 e. The molecule has 0 saturated carbocycles. The number of benzene rings is 3. The zero-order valence-electron chi connectivity index (χ0n) is 27.5. The first kappa shape index (κ1) is 34.0. The predicted molar refractivity (Wildman–Crippen MR) is 181 cm³/mol. The number of fused-ring (bicyclic) bond motifs is 1. The largest absolute Gasteiger partial charge is 0.490 e. The van der Waals surface area contributed by atoms with Gasteiger partial charge in [-0.1, -0.05) is 48.5 Å². The maximum absolute atomic E-state index is 14.0. The minimum atomic E-state index is -1.13. The molecule has 48 heavy (non-hydrogen) atoms. The molecule has 3 aromatic carbocycles. The number of amides is 3. The molecule has 1 saturated heterocycles. The molecule has 0 bridgehead atoms. The van der Waals surface area contributed by atoms with Crippen molar-refractivity contribution in [1.82, 2.24) is 20.5 Å². The first-order chi connectivity index (χ1) is 23.3. The van der Waals surface area contributed by atoms with E-state index in [2.05, 4.69) is 15.6 Å². The molecule has 0 aliphatic carbocycles. The maximum Gasteiger partial charge on any atom is 0.246 e. The Morgan fingerprint density at radius 1 is 0.896 bits per heavy atom. The van der Waals surface area contributed by atoms with Crippen LogP contribution < -0.4 is 24.8 Å². The van der Waals surface area contributed by atoms with Crippen molar-refractivity contribution in [1.29, 1.82) is 0 Å². The number of Topliss-reactive ketones (excluding diaryl/α,β-unsaturated/α-hetero) is 1. The number of ether oxygens (including phenoxy) is 3. The Morgan fingerprint density at radius 2 is 1.56 bits per heavy atom. The monoisotopic (exact) mass is 654 g/mol. The number of aromatic nitrogens is 1. The molecule has 3 N–H and O–H groups in total. The van der Waals surface area contributed by atoms with E-state index in [9.17, 15) is 19.2 Å². The lowest BCUT2D eigenvalue weighted by molar-refractivity contribution is -0.147. The van der Waals surface area contributed by atoms with Gasteiger partial charge in [-0.05, 0) is 62.1 Å². The van der Waals surface area contributed by atoms with Gasteiger partial charge in [-0.3, -0.25) is 19.2 Å². The number of rotatable bonds is 16. The van der Waals surface area contributed by atoms with Gasteiger partial charge in [0.15, 0.2) is 17.3 Å². The van der Waals surface area contributed by atoms with Crippen molar-refractivity contribution in [2.45, 2.75) is 46.2 Å². The van der Waals surface area contributed by atoms with Crippen molar-refractivity contribution in [2.75, 3.05) is 32.9 Å². The second-order valence-corrected chi connectivity index (χ2v) is 11.5. The van der Waals surface area contributed by atoms with Gasteiger partial charge in [-0.15, -0.1) is 0 Å². The molecule has 11 heteroatoms. The van der Waals surface area contributed by atoms with E-state index >= 15 is 0 Å². The van der Waals surface area contributed by atoms with Crippen LogP contribution in [0, 0.1) is 5.92 Å². The fourth-order valence-electron chi connectivity index (χ4n) is 5.92. The Morgan fingerprint density at radius 3 is 2.25 bits per heavy atom. The third-order valence-corrected chi connectivity index (χ3v) is 8.15. The molecule has 1 aliphatic heterocycles. The van der Waals surface area contributed by atoms with Crippen molar-refractivity contribution < 1.29 is 33.4 Å². The normalized spacial score (nSPS) is 15.1. The molecule has 2 atom stereocenters. The van der Waals surface area contributed by atoms with Gasteiger partial charge in [0.1, 0.15) is 18.5 Å². The predicted octanol–water partition coefficient (Wildman–Crippen LogP) is 3.98. The third kappa shape index (κ3) is 8.14. The number of para-hydroxylation sites is 1. The van der Waals surface area contributed by atoms with Crippen molar-refractivity contribution >= 4 is 34.4 Å². The Kier molecular flexibility index (Phi) is 11.3. The summed E-state index contributed by atoms with van der Waals surface area (Å²) in [6.07, 6.45) is 2.20. The highest BCUT2D eigenvalue weighted by Crippen LogP contribution is 2.39. The molecule has 0 radical (unpaired) electrons. The van der Waals surface area contributed by atoms with Crippen LogP contribution in [0.3, 0.4) is 0 Å². The van der Waals surface area contributed by atoms with Gasteiger partial charge in [0.25, 0.3) is 0 Å². The van der Waals surface area contributed by atoms with E-state index in [0.29, 0.717) is 49.1 Å². The van der Waals surface area contributed by atoms with Crippen LogP contribution in [0.15, 0.2) is 72.9 Å². The lowest BCUT2D eigenvalue weighted by Gasteiger charge is -2.33. The Hall–Kier alpha value is -5.32. The van der Waals surface area contributed by atoms with Crippen molar-refractivity contribution in [3.05, 3.63) is 89.6 Å². The topological polar surface area (TPSA) is 139 Å². The molecular weight excluding hydrogens is 612 g/mol. The molecular formula is C37H42N4O7. The summed E-state index contributed by atoms with van der Waals surface area (Å²) in [5.41, 5.74) is 3.26. The van der Waals surface area contributed by atoms with E-state index in [0.717, 1.165) is 22.0 Å². The second kappa shape index (κ2) is 16.0. The quantitative estimate of drug-likeness (QED) is 0.155. The van der Waals surface area contributed by atoms with Crippen LogP contribution in [-0.4, -0.2) is 72.3 Å². The summed E-state index contributed by atoms with van der Waals surface area (Å²) in [6.45, 7) is 6.29. The SMILES string of the molecule is CCOc1cc(CNC(=O)C(Cc2c[nH]c3ccccc23)C(=O)CN2CC(=O)NC(Cc3ccccc3)C2=O)cc(OCC)c1OCC. The number of hydrogen-bond donors (Lipinski definition) is 3. The summed E-state index contributed by atoms with van der Waals surface area (Å²) < 4.78 is 17.5. The van der Waals surface area contributed by atoms with Gasteiger partial charge in [-0.25, -0.2) is 0 Å². The van der Waals surface area contributed by atoms with Crippen molar-refractivity contribution in [3.63, 3.8) is 0 Å². The molecule has 5 rings (SSSR count). The number of carbonyl (C=O) groups excluding carboxylic acids is 4. The fraction of sp³-hybridized carbons (Fsp3) is 0.351. The summed E-state index contributed by atoms with van der Waals surface area (Å²) in [7, 11) is 0. The van der Waals surface area contributed by atoms with Crippen molar-refractivity contribution in [3.8, 4) is 17.2 Å². The zero-order chi connectivity index (χ0) is 34.0. The molecule has 2 unspecified atom stereocenters. The molecule has 2 heterocycles. The average Bonchev–Trinajstić information content (AvgIpc) is 3.49. The lowest BCUT2D eigenvalue weighted by atomic mass is 9.93. The second-order valence-electron chi connectivity index (χ2n) is 11.5. The summed E-state index contributed by atoms with van der Waals surface area (Å²) >= 11 is 0. The smallest absolute Gasteiger partial charge is 0.246 e. The van der Waals surface area contributed by atoms with Crippen molar-refractivity contribution in [2.24, 2.45) is 5.92 Å². The highest BCUT2D eigenvalue weighted by atomic mass is 16.5. The van der Waals surface area contributed by atoms with Gasteiger partial charge in [-0.2, -0.15) is 0 Å². The van der Waals surface area contributed by atoms with Crippen LogP contribution in [0.2, 0.25) is 0 Å². The molecule has 4 aromatic rings. The minimum absolute atomic E-state index is 0.0905. The number of ketones is 1. The van der Waals surface area contributed by atoms with E-state index < -0.39 is 23.7 Å². The molecule has 1 fully saturated rings. The molecule has 1 aliphatic rings. The molecule has 1 aromatic heterocycles. The van der Waals surface area contributed by atoms with Gasteiger partial charge in [0.2, 0.25) is 23.5 Å². The van der Waals surface area contributed by atoms with Crippen LogP contribution in [0.25, 0.3) is 10.9 Å². The number of nitrogens with zero attached hydrogens (tertiary/aromatic N) is 1. The third-order valence-electron chi connectivity index (χ3n) is 8.15. The summed E-state index contributed by atoms with van der Waals surface area (Å²) in [5, 5.41) is 6.57. The van der Waals surface area contributed by atoms with E-state index in [-0.39, 0.29) is 37.9 Å². The van der Waals surface area contributed by atoms with Crippen LogP contribution in [0.4, 0.5) is 0 Å². The summed E-state index contributed by atoms with van der Waals surface area (Å²) in [5.74, 6) is -1.33. The average molecular weight is 655 g/mol. The molecule has 11 nitrogen and oxygen atoms in total. The van der Waals surface area contributed by atoms with Gasteiger partial charge >= 0.3 is 0 Å². The highest BCUT2D eigenvalue weighted by molar-refractivity contribution is 6.05. The van der Waals surface area contributed by atoms with E-state index in [1.54, 1.807) is 18.3 Å². The number of hydrogen-bond acceptors (Lipinski definition) is 7. The number of carbonyl (C=O) groups is 4. The standard InChI is InChI=1S/C37H42N4O7/c1-4-46-32-17-25(18-33(47-5-2)35(32)48-6-3)20-39-36(44)28(19-26-21-38-29-15-11-10-14-27(26)29)31(42)22-41-23-34(43)40-30(37(41)45)16-24-12-8-7-9-13-24/h7-15,17-18,21,28,30,38H,4-6,16,19-20,22-23H2,1-3H3,(H,39,44)(H,40,43). The van der Waals surface area contributed by atoms with Crippen LogP contribution in [-0.2, 0) is 38.6 Å². The summed E-state index contributed by atoms with van der Waals surface area (Å²) in [4.78, 5) is 58.5. The first-order valence-electron chi connectivity index (χ1n) is 16.3. The van der Waals surface area contributed by atoms with E-state index in [1.165, 1.54) is 4.90 Å². The number of nitrogens with one attached hydrogen (secondary N) is 3. The van der Waals surface area contributed by atoms with Gasteiger partial charge in [0, 0.05) is 30.1 Å². The molecule has 0 spiro atoms. The van der Waals surface area contributed by atoms with Crippen LogP contribution in [0.5, 0.6) is 17.2 Å². The lowest BCUT2D eigenvalue weighted by Crippen LogP contribution is -2.60. The summed E-state index contributed by atoms with van der Waals surface area (Å²) in [6, 6.07) is 19.8. The van der Waals surface area contributed by atoms with E-state index in [4.69, 9.17) is 14.2 Å². The fourth-order valence-corrected chi connectivity index (χ4v) is 5.92. The molecule has 252 valence electrons. The van der Waals surface area contributed by atoms with Crippen LogP contribution >= 0.6 is 0 Å². The molecule has 3 amide bonds. The Bertz CT molecular complexity index is 1730. The zero-order valence-corrected chi connectivity index (χ0v) is 27.5.